The number of phenols is 1. The summed E-state index contributed by atoms with van der Waals surface area (Å²) in [6.45, 7) is 3.96. The molecule has 0 aliphatic carbocycles. The van der Waals surface area contributed by atoms with Gasteiger partial charge in [0.1, 0.15) is 11.5 Å². The van der Waals surface area contributed by atoms with Crippen LogP contribution in [-0.4, -0.2) is 11.2 Å². The van der Waals surface area contributed by atoms with Gasteiger partial charge in [0.2, 0.25) is 0 Å². The molecule has 1 N–H and O–H groups in total. The molecule has 13 heavy (non-hydrogen) atoms. The summed E-state index contributed by atoms with van der Waals surface area (Å²) in [7, 11) is 0. The molecule has 0 radical (unpaired) electrons. The van der Waals surface area contributed by atoms with Gasteiger partial charge in [0.25, 0.3) is 0 Å². The molecule has 1 atom stereocenters. The third-order valence-corrected chi connectivity index (χ3v) is 2.53. The zero-order chi connectivity index (χ0) is 9.42. The third kappa shape index (κ3) is 1.48. The fourth-order valence-corrected chi connectivity index (χ4v) is 1.65. The van der Waals surface area contributed by atoms with Gasteiger partial charge in [0, 0.05) is 0 Å². The van der Waals surface area contributed by atoms with Gasteiger partial charge in [0.15, 0.2) is 0 Å². The first kappa shape index (κ1) is 8.42. The number of phenolic OH excluding ortho intramolecular Hbond substituents is 1. The zero-order valence-corrected chi connectivity index (χ0v) is 8.00. The summed E-state index contributed by atoms with van der Waals surface area (Å²) in [4.78, 5) is 0. The van der Waals surface area contributed by atoms with Crippen LogP contribution in [0.15, 0.2) is 12.1 Å². The van der Waals surface area contributed by atoms with Crippen LogP contribution in [0.25, 0.3) is 0 Å². The lowest BCUT2D eigenvalue weighted by atomic mass is 10.0. The Morgan fingerprint density at radius 2 is 2.23 bits per heavy atom. The molecule has 1 heterocycles. The molecule has 0 fully saturated rings. The van der Waals surface area contributed by atoms with E-state index in [9.17, 15) is 5.11 Å². The van der Waals surface area contributed by atoms with E-state index in [0.29, 0.717) is 11.9 Å². The van der Waals surface area contributed by atoms with Gasteiger partial charge in [-0.2, -0.15) is 0 Å². The van der Waals surface area contributed by atoms with Crippen LogP contribution in [0.4, 0.5) is 0 Å². The maximum Gasteiger partial charge on any atom is 0.123 e. The molecule has 2 rings (SSSR count). The molecule has 2 heteroatoms. The van der Waals surface area contributed by atoms with Crippen LogP contribution in [0.5, 0.6) is 11.5 Å². The van der Waals surface area contributed by atoms with E-state index >= 15 is 0 Å². The van der Waals surface area contributed by atoms with E-state index < -0.39 is 0 Å². The van der Waals surface area contributed by atoms with Crippen LogP contribution >= 0.6 is 0 Å². The smallest absolute Gasteiger partial charge is 0.123 e. The standard InChI is InChI=1S/C11H14O2/c1-7-5-11-9(6-10(7)12)4-3-8(2)13-11/h5-6,8,12H,3-4H2,1-2H3. The van der Waals surface area contributed by atoms with Crippen molar-refractivity contribution in [2.75, 3.05) is 0 Å². The first-order valence-corrected chi connectivity index (χ1v) is 4.66. The molecule has 0 saturated carbocycles. The summed E-state index contributed by atoms with van der Waals surface area (Å²) >= 11 is 0. The number of ether oxygens (including phenoxy) is 1. The van der Waals surface area contributed by atoms with Gasteiger partial charge in [-0.1, -0.05) is 0 Å². The summed E-state index contributed by atoms with van der Waals surface area (Å²) in [5, 5.41) is 9.49. The Balaban J connectivity index is 2.43. The second kappa shape index (κ2) is 2.95. The minimum atomic E-state index is 0.302. The zero-order valence-electron chi connectivity index (χ0n) is 8.00. The molecule has 0 amide bonds. The Labute approximate surface area is 78.2 Å². The number of hydrogen-bond donors (Lipinski definition) is 1. The fourth-order valence-electron chi connectivity index (χ4n) is 1.65. The molecule has 0 bridgehead atoms. The monoisotopic (exact) mass is 178 g/mol. The Morgan fingerprint density at radius 1 is 1.46 bits per heavy atom. The number of rotatable bonds is 0. The average molecular weight is 178 g/mol. The summed E-state index contributed by atoms with van der Waals surface area (Å²) in [6.07, 6.45) is 2.34. The molecular weight excluding hydrogens is 164 g/mol. The van der Waals surface area contributed by atoms with Gasteiger partial charge >= 0.3 is 0 Å². The minimum Gasteiger partial charge on any atom is -0.508 e. The van der Waals surface area contributed by atoms with Crippen molar-refractivity contribution < 1.29 is 9.84 Å². The topological polar surface area (TPSA) is 29.5 Å². The molecule has 1 aliphatic heterocycles. The summed E-state index contributed by atoms with van der Waals surface area (Å²) in [5.74, 6) is 1.31. The van der Waals surface area contributed by atoms with Crippen LogP contribution in [0.1, 0.15) is 24.5 Å². The Hall–Kier alpha value is -1.18. The number of hydrogen-bond acceptors (Lipinski definition) is 2. The van der Waals surface area contributed by atoms with Gasteiger partial charge in [-0.05, 0) is 49.9 Å². The molecule has 0 saturated heterocycles. The first-order chi connectivity index (χ1) is 6.16. The Morgan fingerprint density at radius 3 is 3.00 bits per heavy atom. The van der Waals surface area contributed by atoms with Crippen molar-refractivity contribution in [2.45, 2.75) is 32.8 Å². The minimum absolute atomic E-state index is 0.302. The second-order valence-corrected chi connectivity index (χ2v) is 3.71. The van der Waals surface area contributed by atoms with Crippen molar-refractivity contribution in [1.29, 1.82) is 0 Å². The van der Waals surface area contributed by atoms with Crippen molar-refractivity contribution in [3.8, 4) is 11.5 Å². The highest BCUT2D eigenvalue weighted by atomic mass is 16.5. The normalized spacial score (nSPS) is 20.6. The molecule has 2 nitrogen and oxygen atoms in total. The van der Waals surface area contributed by atoms with E-state index in [2.05, 4.69) is 6.92 Å². The molecule has 1 aliphatic rings. The van der Waals surface area contributed by atoms with Crippen molar-refractivity contribution >= 4 is 0 Å². The van der Waals surface area contributed by atoms with Crippen LogP contribution in [0, 0.1) is 6.92 Å². The van der Waals surface area contributed by atoms with Crippen molar-refractivity contribution in [2.24, 2.45) is 0 Å². The van der Waals surface area contributed by atoms with E-state index in [1.165, 1.54) is 0 Å². The lowest BCUT2D eigenvalue weighted by Gasteiger charge is -2.23. The number of fused-ring (bicyclic) bond motifs is 1. The van der Waals surface area contributed by atoms with E-state index in [1.807, 2.05) is 19.1 Å². The second-order valence-electron chi connectivity index (χ2n) is 3.71. The molecule has 70 valence electrons. The van der Waals surface area contributed by atoms with E-state index in [1.54, 1.807) is 0 Å². The molecule has 1 aromatic carbocycles. The molecule has 1 unspecified atom stereocenters. The first-order valence-electron chi connectivity index (χ1n) is 4.66. The van der Waals surface area contributed by atoms with Gasteiger partial charge < -0.3 is 9.84 Å². The lowest BCUT2D eigenvalue weighted by Crippen LogP contribution is -2.18. The molecule has 1 aromatic rings. The van der Waals surface area contributed by atoms with E-state index in [0.717, 1.165) is 29.7 Å². The molecular formula is C11H14O2. The van der Waals surface area contributed by atoms with Gasteiger partial charge in [-0.3, -0.25) is 0 Å². The van der Waals surface area contributed by atoms with Crippen molar-refractivity contribution in [3.63, 3.8) is 0 Å². The predicted molar refractivity (Wildman–Crippen MR) is 51.3 cm³/mol. The van der Waals surface area contributed by atoms with Gasteiger partial charge in [0.05, 0.1) is 6.10 Å². The summed E-state index contributed by atoms with van der Waals surface area (Å²) in [5.41, 5.74) is 2.01. The Kier molecular flexibility index (Phi) is 1.91. The number of aromatic hydroxyl groups is 1. The van der Waals surface area contributed by atoms with Crippen molar-refractivity contribution in [3.05, 3.63) is 23.3 Å². The van der Waals surface area contributed by atoms with Gasteiger partial charge in [-0.25, -0.2) is 0 Å². The van der Waals surface area contributed by atoms with Crippen LogP contribution in [0.3, 0.4) is 0 Å². The van der Waals surface area contributed by atoms with E-state index in [4.69, 9.17) is 4.74 Å². The average Bonchev–Trinajstić information content (AvgIpc) is 2.08. The van der Waals surface area contributed by atoms with Crippen molar-refractivity contribution in [1.82, 2.24) is 0 Å². The van der Waals surface area contributed by atoms with Crippen LogP contribution in [0.2, 0.25) is 0 Å². The highest BCUT2D eigenvalue weighted by Crippen LogP contribution is 2.32. The number of benzene rings is 1. The number of aryl methyl sites for hydroxylation is 2. The van der Waals surface area contributed by atoms with Gasteiger partial charge in [-0.15, -0.1) is 0 Å². The molecule has 0 aromatic heterocycles. The maximum atomic E-state index is 9.49. The fraction of sp³-hybridized carbons (Fsp3) is 0.455. The summed E-state index contributed by atoms with van der Waals surface area (Å²) < 4.78 is 5.66. The quantitative estimate of drug-likeness (QED) is 0.661. The highest BCUT2D eigenvalue weighted by molar-refractivity contribution is 5.46. The maximum absolute atomic E-state index is 9.49. The third-order valence-electron chi connectivity index (χ3n) is 2.53. The largest absolute Gasteiger partial charge is 0.508 e. The van der Waals surface area contributed by atoms with Crippen LogP contribution in [-0.2, 0) is 6.42 Å². The van der Waals surface area contributed by atoms with E-state index in [-0.39, 0.29) is 0 Å². The predicted octanol–water partition coefficient (Wildman–Crippen LogP) is 2.41. The Bertz CT molecular complexity index is 331. The highest BCUT2D eigenvalue weighted by Gasteiger charge is 2.17. The molecule has 0 spiro atoms. The lowest BCUT2D eigenvalue weighted by molar-refractivity contribution is 0.192. The SMILES string of the molecule is Cc1cc2c(cc1O)CCC(C)O2. The summed E-state index contributed by atoms with van der Waals surface area (Å²) in [6, 6.07) is 3.73. The van der Waals surface area contributed by atoms with Crippen LogP contribution < -0.4 is 4.74 Å².